The topological polar surface area (TPSA) is 39.9 Å². The molecule has 0 aliphatic carbocycles. The number of hydrogen-bond donors (Lipinski definition) is 0. The first-order chi connectivity index (χ1) is 20.3. The minimum absolute atomic E-state index is 0.0257. The predicted octanol–water partition coefficient (Wildman–Crippen LogP) is 10.3. The van der Waals surface area contributed by atoms with Gasteiger partial charge in [-0.1, -0.05) is 118 Å². The maximum Gasteiger partial charge on any atom is 0.442 e. The quantitative estimate of drug-likeness (QED) is 0.171. The number of rotatable bonds is 8. The molecule has 0 bridgehead atoms. The number of aromatic nitrogens is 1. The molecule has 0 spiro atoms. The first kappa shape index (κ1) is 27.6. The number of fused-ring (bicyclic) bond motifs is 1. The Morgan fingerprint density at radius 3 is 1.71 bits per heavy atom. The zero-order valence-corrected chi connectivity index (χ0v) is 24.9. The van der Waals surface area contributed by atoms with Gasteiger partial charge in [-0.05, 0) is 64.6 Å². The smallest absolute Gasteiger partial charge is 0.415 e. The van der Waals surface area contributed by atoms with Crippen LogP contribution in [0.2, 0.25) is 0 Å². The molecule has 0 N–H and O–H groups in total. The van der Waals surface area contributed by atoms with Crippen molar-refractivity contribution in [1.29, 1.82) is 0 Å². The Balaban J connectivity index is 1.61. The highest BCUT2D eigenvalue weighted by molar-refractivity contribution is 7.55. The Labute approximate surface area is 247 Å². The summed E-state index contributed by atoms with van der Waals surface area (Å²) >= 11 is 0. The van der Waals surface area contributed by atoms with Gasteiger partial charge in [-0.3, -0.25) is 0 Å². The van der Waals surface area contributed by atoms with Crippen molar-refractivity contribution in [1.82, 2.24) is 4.40 Å². The Kier molecular flexibility index (Phi) is 7.49. The molecule has 42 heavy (non-hydrogen) atoms. The molecule has 1 atom stereocenters. The van der Waals surface area contributed by atoms with Gasteiger partial charge in [0.05, 0.1) is 11.2 Å². The van der Waals surface area contributed by atoms with Crippen LogP contribution in [0, 0.1) is 0 Å². The van der Waals surface area contributed by atoms with Crippen molar-refractivity contribution in [3.8, 4) is 22.8 Å². The molecule has 4 aromatic carbocycles. The van der Waals surface area contributed by atoms with E-state index in [0.29, 0.717) is 11.5 Å². The summed E-state index contributed by atoms with van der Waals surface area (Å²) in [6.07, 6.45) is 2.04. The van der Waals surface area contributed by atoms with Crippen LogP contribution in [0.15, 0.2) is 146 Å². The van der Waals surface area contributed by atoms with E-state index >= 15 is 4.57 Å². The predicted molar refractivity (Wildman–Crippen MR) is 172 cm³/mol. The van der Waals surface area contributed by atoms with Crippen molar-refractivity contribution in [2.24, 2.45) is 0 Å². The molecule has 0 fully saturated rings. The first-order valence-electron chi connectivity index (χ1n) is 14.2. The Bertz CT molecular complexity index is 1780. The van der Waals surface area contributed by atoms with Crippen LogP contribution in [-0.4, -0.2) is 4.40 Å². The molecule has 0 saturated carbocycles. The van der Waals surface area contributed by atoms with E-state index in [1.54, 1.807) is 0 Å². The zero-order valence-electron chi connectivity index (χ0n) is 24.1. The molecular formula is C37H34NO3P. The summed E-state index contributed by atoms with van der Waals surface area (Å²) < 4.78 is 30.5. The van der Waals surface area contributed by atoms with Gasteiger partial charge in [-0.2, -0.15) is 0 Å². The third-order valence-electron chi connectivity index (χ3n) is 7.43. The van der Waals surface area contributed by atoms with E-state index < -0.39 is 13.3 Å². The molecule has 5 heteroatoms. The maximum absolute atomic E-state index is 15.5. The van der Waals surface area contributed by atoms with Crippen LogP contribution in [0.1, 0.15) is 43.1 Å². The van der Waals surface area contributed by atoms with Crippen LogP contribution in [0.4, 0.5) is 0 Å². The molecular weight excluding hydrogens is 537 g/mol. The fourth-order valence-corrected chi connectivity index (χ4v) is 7.47. The summed E-state index contributed by atoms with van der Waals surface area (Å²) in [7, 11) is -3.97. The molecule has 210 valence electrons. The second-order valence-electron chi connectivity index (χ2n) is 11.4. The van der Waals surface area contributed by atoms with Crippen LogP contribution in [-0.2, 0) is 9.98 Å². The molecule has 2 heterocycles. The molecule has 6 aromatic rings. The SMILES string of the molecule is CC(C)(C)c1ccc(C(c2cc(-c3ccccc3)n3ccccc23)P(=O)(Oc2ccccc2)Oc2ccccc2)cc1. The fraction of sp³-hybridized carbons (Fsp3) is 0.135. The summed E-state index contributed by atoms with van der Waals surface area (Å²) in [6, 6.07) is 45.4. The summed E-state index contributed by atoms with van der Waals surface area (Å²) in [6.45, 7) is 6.57. The highest BCUT2D eigenvalue weighted by atomic mass is 31.2. The van der Waals surface area contributed by atoms with Gasteiger partial charge < -0.3 is 13.4 Å². The van der Waals surface area contributed by atoms with Crippen molar-refractivity contribution < 1.29 is 13.6 Å². The van der Waals surface area contributed by atoms with E-state index in [0.717, 1.165) is 27.9 Å². The van der Waals surface area contributed by atoms with Gasteiger partial charge in [0.25, 0.3) is 0 Å². The maximum atomic E-state index is 15.5. The van der Waals surface area contributed by atoms with Crippen LogP contribution in [0.3, 0.4) is 0 Å². The largest absolute Gasteiger partial charge is 0.442 e. The van der Waals surface area contributed by atoms with Crippen LogP contribution < -0.4 is 9.05 Å². The molecule has 2 aromatic heterocycles. The number of nitrogens with zero attached hydrogens (tertiary/aromatic N) is 1. The minimum Gasteiger partial charge on any atom is -0.415 e. The Morgan fingerprint density at radius 2 is 1.17 bits per heavy atom. The lowest BCUT2D eigenvalue weighted by molar-refractivity contribution is 0.378. The minimum atomic E-state index is -3.97. The van der Waals surface area contributed by atoms with Gasteiger partial charge in [0.2, 0.25) is 0 Å². The highest BCUT2D eigenvalue weighted by Crippen LogP contribution is 2.63. The van der Waals surface area contributed by atoms with Gasteiger partial charge in [0.15, 0.2) is 0 Å². The van der Waals surface area contributed by atoms with Crippen molar-refractivity contribution in [2.45, 2.75) is 31.8 Å². The van der Waals surface area contributed by atoms with Gasteiger partial charge >= 0.3 is 7.60 Å². The van der Waals surface area contributed by atoms with Crippen LogP contribution in [0.5, 0.6) is 11.5 Å². The molecule has 0 aliphatic rings. The number of benzene rings is 4. The van der Waals surface area contributed by atoms with Crippen LogP contribution in [0.25, 0.3) is 16.8 Å². The average Bonchev–Trinajstić information content (AvgIpc) is 3.37. The molecule has 0 amide bonds. The number of pyridine rings is 1. The highest BCUT2D eigenvalue weighted by Gasteiger charge is 2.43. The summed E-state index contributed by atoms with van der Waals surface area (Å²) in [4.78, 5) is 0. The molecule has 0 radical (unpaired) electrons. The van der Waals surface area contributed by atoms with Gasteiger partial charge in [-0.15, -0.1) is 0 Å². The van der Waals surface area contributed by atoms with E-state index in [1.807, 2.05) is 97.2 Å². The van der Waals surface area contributed by atoms with E-state index in [-0.39, 0.29) is 5.41 Å². The lowest BCUT2D eigenvalue weighted by Gasteiger charge is -2.28. The van der Waals surface area contributed by atoms with E-state index in [1.165, 1.54) is 5.56 Å². The molecule has 4 nitrogen and oxygen atoms in total. The molecule has 0 aliphatic heterocycles. The lowest BCUT2D eigenvalue weighted by atomic mass is 9.86. The van der Waals surface area contributed by atoms with Crippen molar-refractivity contribution in [3.63, 3.8) is 0 Å². The standard InChI is InChI=1S/C37H34NO3P/c1-37(2,3)30-24-22-29(23-25-30)36(33-27-35(28-15-7-4-8-16-28)38-26-14-13-21-34(33)38)42(39,40-31-17-9-5-10-18-31)41-32-19-11-6-12-20-32/h4-27,36H,1-3H3. The summed E-state index contributed by atoms with van der Waals surface area (Å²) in [5.41, 5.74) is 5.18. The molecule has 6 rings (SSSR count). The summed E-state index contributed by atoms with van der Waals surface area (Å²) in [5, 5.41) is 0. The molecule has 0 saturated heterocycles. The van der Waals surface area contributed by atoms with Crippen molar-refractivity contribution >= 4 is 13.1 Å². The van der Waals surface area contributed by atoms with E-state index in [9.17, 15) is 0 Å². The summed E-state index contributed by atoms with van der Waals surface area (Å²) in [5.74, 6) is 0.972. The van der Waals surface area contributed by atoms with E-state index in [4.69, 9.17) is 9.05 Å². The fourth-order valence-electron chi connectivity index (χ4n) is 5.31. The Hall–Kier alpha value is -4.53. The van der Waals surface area contributed by atoms with Gasteiger partial charge in [0, 0.05) is 11.8 Å². The van der Waals surface area contributed by atoms with Gasteiger partial charge in [0.1, 0.15) is 17.2 Å². The monoisotopic (exact) mass is 571 g/mol. The third kappa shape index (κ3) is 5.64. The van der Waals surface area contributed by atoms with Crippen molar-refractivity contribution in [2.75, 3.05) is 0 Å². The average molecular weight is 572 g/mol. The van der Waals surface area contributed by atoms with E-state index in [2.05, 4.69) is 73.7 Å². The van der Waals surface area contributed by atoms with Crippen LogP contribution >= 0.6 is 7.60 Å². The third-order valence-corrected chi connectivity index (χ3v) is 9.57. The molecule has 1 unspecified atom stereocenters. The van der Waals surface area contributed by atoms with Crippen molar-refractivity contribution in [3.05, 3.63) is 162 Å². The van der Waals surface area contributed by atoms with Gasteiger partial charge in [-0.25, -0.2) is 4.57 Å². The number of hydrogen-bond acceptors (Lipinski definition) is 3. The Morgan fingerprint density at radius 1 is 0.643 bits per heavy atom. The zero-order chi connectivity index (χ0) is 29.2. The number of para-hydroxylation sites is 2. The second kappa shape index (κ2) is 11.4. The lowest BCUT2D eigenvalue weighted by Crippen LogP contribution is -2.14. The normalized spacial score (nSPS) is 12.6. The second-order valence-corrected chi connectivity index (χ2v) is 13.4. The first-order valence-corrected chi connectivity index (χ1v) is 15.8.